The van der Waals surface area contributed by atoms with Gasteiger partial charge in [-0.2, -0.15) is 0 Å². The van der Waals surface area contributed by atoms with Crippen LogP contribution in [-0.4, -0.2) is 22.9 Å². The van der Waals surface area contributed by atoms with Crippen molar-refractivity contribution in [3.63, 3.8) is 0 Å². The van der Waals surface area contributed by atoms with Gasteiger partial charge in [-0.05, 0) is 12.1 Å². The van der Waals surface area contributed by atoms with Crippen molar-refractivity contribution < 1.29 is 13.6 Å². The average molecular weight is 266 g/mol. The van der Waals surface area contributed by atoms with E-state index in [-0.39, 0.29) is 17.8 Å². The Kier molecular flexibility index (Phi) is 3.74. The molecule has 0 aliphatic heterocycles. The second kappa shape index (κ2) is 5.47. The van der Waals surface area contributed by atoms with Crippen LogP contribution in [-0.2, 0) is 6.54 Å². The number of nitrogens with one attached hydrogen (secondary N) is 3. The number of H-pyrrole nitrogens is 1. The normalized spacial score (nSPS) is 10.3. The quantitative estimate of drug-likeness (QED) is 0.788. The Morgan fingerprint density at radius 1 is 1.37 bits per heavy atom. The lowest BCUT2D eigenvalue weighted by Gasteiger charge is -2.08. The minimum atomic E-state index is -0.811. The van der Waals surface area contributed by atoms with Gasteiger partial charge < -0.3 is 15.6 Å². The van der Waals surface area contributed by atoms with Crippen molar-refractivity contribution in [1.82, 2.24) is 15.3 Å². The summed E-state index contributed by atoms with van der Waals surface area (Å²) in [7, 11) is 1.40. The summed E-state index contributed by atoms with van der Waals surface area (Å²) in [5, 5.41) is 4.92. The van der Waals surface area contributed by atoms with Crippen LogP contribution < -0.4 is 10.6 Å². The molecule has 0 aliphatic rings. The highest BCUT2D eigenvalue weighted by Gasteiger charge is 2.14. The first-order valence-electron chi connectivity index (χ1n) is 5.54. The molecule has 0 spiro atoms. The Bertz CT molecular complexity index is 560. The first-order valence-corrected chi connectivity index (χ1v) is 5.54. The molecule has 0 saturated heterocycles. The number of aromatic nitrogens is 2. The van der Waals surface area contributed by atoms with Gasteiger partial charge in [0.05, 0.1) is 18.6 Å². The van der Waals surface area contributed by atoms with Crippen molar-refractivity contribution in [2.75, 3.05) is 12.4 Å². The zero-order valence-electron chi connectivity index (χ0n) is 10.1. The molecule has 0 bridgehead atoms. The van der Waals surface area contributed by atoms with Gasteiger partial charge in [0.1, 0.15) is 17.3 Å². The Morgan fingerprint density at radius 3 is 2.58 bits per heavy atom. The molecule has 2 rings (SSSR count). The number of hydrogen-bond acceptors (Lipinski definition) is 3. The molecule has 0 atom stereocenters. The maximum atomic E-state index is 13.5. The van der Waals surface area contributed by atoms with Crippen LogP contribution in [0, 0.1) is 11.6 Å². The van der Waals surface area contributed by atoms with Crippen molar-refractivity contribution in [2.45, 2.75) is 6.54 Å². The van der Waals surface area contributed by atoms with E-state index in [1.165, 1.54) is 13.4 Å². The van der Waals surface area contributed by atoms with Crippen LogP contribution in [0.4, 0.5) is 14.5 Å². The molecule has 1 heterocycles. The first-order chi connectivity index (χ1) is 9.11. The molecule has 1 aromatic carbocycles. The van der Waals surface area contributed by atoms with E-state index < -0.39 is 17.5 Å². The second-order valence-corrected chi connectivity index (χ2v) is 3.82. The zero-order chi connectivity index (χ0) is 13.8. The summed E-state index contributed by atoms with van der Waals surface area (Å²) in [6, 6.07) is 1.97. The number of amides is 1. The van der Waals surface area contributed by atoms with E-state index in [1.54, 1.807) is 6.20 Å². The highest BCUT2D eigenvalue weighted by Crippen LogP contribution is 2.20. The number of imidazole rings is 1. The van der Waals surface area contributed by atoms with Crippen molar-refractivity contribution >= 4 is 11.6 Å². The Hall–Kier alpha value is -2.44. The van der Waals surface area contributed by atoms with E-state index in [4.69, 9.17) is 0 Å². The number of hydrogen-bond donors (Lipinski definition) is 3. The predicted octanol–water partition coefficient (Wildman–Crippen LogP) is 1.66. The number of carbonyl (C=O) groups excluding carboxylic acids is 1. The fourth-order valence-corrected chi connectivity index (χ4v) is 1.60. The summed E-state index contributed by atoms with van der Waals surface area (Å²) in [4.78, 5) is 18.3. The molecular formula is C12H12F2N4O. The number of rotatable bonds is 4. The molecular weight excluding hydrogens is 254 g/mol. The summed E-state index contributed by atoms with van der Waals surface area (Å²) in [5.74, 6) is -2.18. The molecule has 7 heteroatoms. The van der Waals surface area contributed by atoms with E-state index in [1.807, 2.05) is 0 Å². The SMILES string of the molecule is CNc1c(F)cc(C(=O)NCc2cnc[nH]2)cc1F. The number of anilines is 1. The predicted molar refractivity (Wildman–Crippen MR) is 65.7 cm³/mol. The molecule has 1 amide bonds. The molecule has 2 aromatic rings. The molecule has 19 heavy (non-hydrogen) atoms. The first kappa shape index (κ1) is 13.0. The molecule has 0 fully saturated rings. The molecule has 5 nitrogen and oxygen atoms in total. The Labute approximate surface area is 108 Å². The molecule has 0 unspecified atom stereocenters. The van der Waals surface area contributed by atoms with Gasteiger partial charge in [-0.25, -0.2) is 13.8 Å². The minimum Gasteiger partial charge on any atom is -0.383 e. The number of nitrogens with zero attached hydrogens (tertiary/aromatic N) is 1. The van der Waals surface area contributed by atoms with Gasteiger partial charge in [0.2, 0.25) is 0 Å². The number of carbonyl (C=O) groups is 1. The standard InChI is InChI=1S/C12H12F2N4O/c1-15-11-9(13)2-7(3-10(11)14)12(19)17-5-8-4-16-6-18-8/h2-4,6,15H,5H2,1H3,(H,16,18)(H,17,19). The van der Waals surface area contributed by atoms with E-state index in [0.29, 0.717) is 5.69 Å². The highest BCUT2D eigenvalue weighted by molar-refractivity contribution is 5.94. The Balaban J connectivity index is 2.11. The minimum absolute atomic E-state index is 0.0754. The fourth-order valence-electron chi connectivity index (χ4n) is 1.60. The lowest BCUT2D eigenvalue weighted by Crippen LogP contribution is -2.23. The highest BCUT2D eigenvalue weighted by atomic mass is 19.1. The molecule has 1 aromatic heterocycles. The third kappa shape index (κ3) is 2.87. The topological polar surface area (TPSA) is 69.8 Å². The van der Waals surface area contributed by atoms with Crippen molar-refractivity contribution in [3.05, 3.63) is 47.5 Å². The number of aromatic amines is 1. The maximum absolute atomic E-state index is 13.5. The van der Waals surface area contributed by atoms with Crippen LogP contribution in [0.5, 0.6) is 0 Å². The fraction of sp³-hybridized carbons (Fsp3) is 0.167. The van der Waals surface area contributed by atoms with Crippen LogP contribution in [0.3, 0.4) is 0 Å². The smallest absolute Gasteiger partial charge is 0.251 e. The third-order valence-corrected chi connectivity index (χ3v) is 2.55. The summed E-state index contributed by atoms with van der Waals surface area (Å²) in [5.41, 5.74) is 0.361. The third-order valence-electron chi connectivity index (χ3n) is 2.55. The lowest BCUT2D eigenvalue weighted by atomic mass is 10.1. The van der Waals surface area contributed by atoms with E-state index >= 15 is 0 Å². The van der Waals surface area contributed by atoms with Gasteiger partial charge >= 0.3 is 0 Å². The van der Waals surface area contributed by atoms with Crippen LogP contribution >= 0.6 is 0 Å². The van der Waals surface area contributed by atoms with E-state index in [0.717, 1.165) is 12.1 Å². The van der Waals surface area contributed by atoms with E-state index in [9.17, 15) is 13.6 Å². The summed E-state index contributed by atoms with van der Waals surface area (Å²) < 4.78 is 27.0. The van der Waals surface area contributed by atoms with Gasteiger partial charge in [0.25, 0.3) is 5.91 Å². The number of benzene rings is 1. The van der Waals surface area contributed by atoms with Crippen LogP contribution in [0.2, 0.25) is 0 Å². The van der Waals surface area contributed by atoms with Gasteiger partial charge in [-0.15, -0.1) is 0 Å². The van der Waals surface area contributed by atoms with Gasteiger partial charge in [0.15, 0.2) is 0 Å². The molecule has 3 N–H and O–H groups in total. The molecule has 0 aliphatic carbocycles. The van der Waals surface area contributed by atoms with Gasteiger partial charge in [-0.3, -0.25) is 4.79 Å². The largest absolute Gasteiger partial charge is 0.383 e. The van der Waals surface area contributed by atoms with Crippen LogP contribution in [0.1, 0.15) is 16.1 Å². The number of halogens is 2. The van der Waals surface area contributed by atoms with Gasteiger partial charge in [-0.1, -0.05) is 0 Å². The van der Waals surface area contributed by atoms with E-state index in [2.05, 4.69) is 20.6 Å². The van der Waals surface area contributed by atoms with Crippen molar-refractivity contribution in [2.24, 2.45) is 0 Å². The molecule has 100 valence electrons. The monoisotopic (exact) mass is 266 g/mol. The van der Waals surface area contributed by atoms with Crippen molar-refractivity contribution in [3.8, 4) is 0 Å². The van der Waals surface area contributed by atoms with Crippen molar-refractivity contribution in [1.29, 1.82) is 0 Å². The maximum Gasteiger partial charge on any atom is 0.251 e. The Morgan fingerprint density at radius 2 is 2.05 bits per heavy atom. The zero-order valence-corrected chi connectivity index (χ0v) is 10.1. The average Bonchev–Trinajstić information content (AvgIpc) is 2.88. The van der Waals surface area contributed by atoms with Crippen LogP contribution in [0.15, 0.2) is 24.7 Å². The molecule has 0 radical (unpaired) electrons. The molecule has 0 saturated carbocycles. The van der Waals surface area contributed by atoms with Gasteiger partial charge in [0, 0.05) is 18.8 Å². The summed E-state index contributed by atoms with van der Waals surface area (Å²) in [6.45, 7) is 0.204. The van der Waals surface area contributed by atoms with Crippen LogP contribution in [0.25, 0.3) is 0 Å². The summed E-state index contributed by atoms with van der Waals surface area (Å²) >= 11 is 0. The summed E-state index contributed by atoms with van der Waals surface area (Å²) in [6.07, 6.45) is 3.02. The second-order valence-electron chi connectivity index (χ2n) is 3.82. The lowest BCUT2D eigenvalue weighted by molar-refractivity contribution is 0.0949.